The number of phenols is 2. The number of benzene rings is 5. The summed E-state index contributed by atoms with van der Waals surface area (Å²) in [6.07, 6.45) is 3.19. The summed E-state index contributed by atoms with van der Waals surface area (Å²) in [5, 5.41) is 24.7. The van der Waals surface area contributed by atoms with E-state index in [2.05, 4.69) is 20.0 Å². The van der Waals surface area contributed by atoms with E-state index in [0.717, 1.165) is 21.5 Å². The standard InChI is InChI=1S/C29H20N4O3/c34-27-11-9-17-5-1-3-7-19(17)21(27)15-30-23-13-25-26(33-29(36)32-25)14-24(23)31-16-22-20-8-4-2-6-18(20)10-12-28(22)35/h1-16,34-35H,(H2,32,33,36). The molecule has 5 aromatic carbocycles. The highest BCUT2D eigenvalue weighted by Crippen LogP contribution is 2.34. The zero-order chi connectivity index (χ0) is 24.6. The maximum Gasteiger partial charge on any atom is 0.323 e. The number of imidazole rings is 1. The minimum Gasteiger partial charge on any atom is -0.507 e. The molecule has 7 nitrogen and oxygen atoms in total. The minimum absolute atomic E-state index is 0.110. The molecule has 0 unspecified atom stereocenters. The Kier molecular flexibility index (Phi) is 5.08. The van der Waals surface area contributed by atoms with Crippen LogP contribution in [-0.2, 0) is 0 Å². The van der Waals surface area contributed by atoms with Crippen molar-refractivity contribution in [2.24, 2.45) is 9.98 Å². The van der Waals surface area contributed by atoms with Crippen LogP contribution in [0.15, 0.2) is 99.7 Å². The first kappa shape index (κ1) is 21.4. The van der Waals surface area contributed by atoms with Crippen molar-refractivity contribution in [3.05, 3.63) is 107 Å². The van der Waals surface area contributed by atoms with Gasteiger partial charge < -0.3 is 20.2 Å². The van der Waals surface area contributed by atoms with Crippen LogP contribution in [-0.4, -0.2) is 32.6 Å². The van der Waals surface area contributed by atoms with E-state index >= 15 is 0 Å². The van der Waals surface area contributed by atoms with Gasteiger partial charge in [0.15, 0.2) is 0 Å². The van der Waals surface area contributed by atoms with Crippen LogP contribution in [0.3, 0.4) is 0 Å². The Morgan fingerprint density at radius 2 is 1.06 bits per heavy atom. The summed E-state index contributed by atoms with van der Waals surface area (Å²) >= 11 is 0. The third-order valence-corrected chi connectivity index (χ3v) is 6.17. The summed E-state index contributed by atoms with van der Waals surface area (Å²) in [6.45, 7) is 0. The monoisotopic (exact) mass is 472 g/mol. The summed E-state index contributed by atoms with van der Waals surface area (Å²) in [4.78, 5) is 26.7. The fraction of sp³-hybridized carbons (Fsp3) is 0. The van der Waals surface area contributed by atoms with Gasteiger partial charge >= 0.3 is 5.69 Å². The number of aromatic amines is 2. The molecule has 0 saturated heterocycles. The molecule has 0 aliphatic rings. The third-order valence-electron chi connectivity index (χ3n) is 6.17. The van der Waals surface area contributed by atoms with Gasteiger partial charge in [-0.3, -0.25) is 9.98 Å². The Balaban J connectivity index is 1.50. The van der Waals surface area contributed by atoms with E-state index in [0.29, 0.717) is 33.5 Å². The van der Waals surface area contributed by atoms with Gasteiger partial charge in [0.05, 0.1) is 22.4 Å². The summed E-state index contributed by atoms with van der Waals surface area (Å²) in [5.74, 6) is 0.221. The predicted octanol–water partition coefficient (Wildman–Crippen LogP) is 6.08. The number of hydrogen-bond donors (Lipinski definition) is 4. The van der Waals surface area contributed by atoms with Crippen LogP contribution >= 0.6 is 0 Å². The van der Waals surface area contributed by atoms with Gasteiger partial charge in [-0.05, 0) is 45.8 Å². The van der Waals surface area contributed by atoms with E-state index in [1.807, 2.05) is 60.7 Å². The van der Waals surface area contributed by atoms with E-state index in [9.17, 15) is 15.0 Å². The molecule has 0 fully saturated rings. The smallest absolute Gasteiger partial charge is 0.323 e. The third kappa shape index (κ3) is 3.78. The zero-order valence-corrected chi connectivity index (χ0v) is 18.9. The zero-order valence-electron chi connectivity index (χ0n) is 18.9. The molecule has 0 spiro atoms. The molecule has 0 bridgehead atoms. The first-order valence-electron chi connectivity index (χ1n) is 11.3. The molecule has 0 amide bonds. The number of phenolic OH excluding ortho intramolecular Hbond substituents is 2. The van der Waals surface area contributed by atoms with Crippen LogP contribution in [0.25, 0.3) is 32.6 Å². The van der Waals surface area contributed by atoms with Crippen molar-refractivity contribution in [3.63, 3.8) is 0 Å². The van der Waals surface area contributed by atoms with Gasteiger partial charge in [-0.1, -0.05) is 60.7 Å². The second-order valence-electron chi connectivity index (χ2n) is 8.42. The maximum atomic E-state index is 11.9. The van der Waals surface area contributed by atoms with Gasteiger partial charge in [0.25, 0.3) is 0 Å². The highest BCUT2D eigenvalue weighted by Gasteiger charge is 2.10. The molecular formula is C29H20N4O3. The van der Waals surface area contributed by atoms with Gasteiger partial charge in [-0.2, -0.15) is 0 Å². The molecule has 0 saturated carbocycles. The Morgan fingerprint density at radius 3 is 1.53 bits per heavy atom. The van der Waals surface area contributed by atoms with Crippen molar-refractivity contribution in [2.75, 3.05) is 0 Å². The lowest BCUT2D eigenvalue weighted by atomic mass is 10.0. The van der Waals surface area contributed by atoms with E-state index in [4.69, 9.17) is 0 Å². The topological polar surface area (TPSA) is 114 Å². The number of hydrogen-bond acceptors (Lipinski definition) is 5. The SMILES string of the molecule is O=c1[nH]c2cc(N=Cc3c(O)ccc4ccccc34)c(N=Cc3c(O)ccc4ccccc34)cc2[nH]1. The number of aromatic nitrogens is 2. The van der Waals surface area contributed by atoms with Gasteiger partial charge in [-0.25, -0.2) is 4.79 Å². The quantitative estimate of drug-likeness (QED) is 0.233. The molecule has 0 aliphatic heterocycles. The fourth-order valence-corrected chi connectivity index (χ4v) is 4.37. The summed E-state index contributed by atoms with van der Waals surface area (Å²) in [7, 11) is 0. The Labute approximate surface area is 204 Å². The van der Waals surface area contributed by atoms with Crippen LogP contribution in [0.5, 0.6) is 11.5 Å². The molecular weight excluding hydrogens is 452 g/mol. The number of nitrogens with one attached hydrogen (secondary N) is 2. The number of aromatic hydroxyl groups is 2. The van der Waals surface area contributed by atoms with Crippen molar-refractivity contribution < 1.29 is 10.2 Å². The number of rotatable bonds is 4. The van der Waals surface area contributed by atoms with E-state index in [-0.39, 0.29) is 17.2 Å². The van der Waals surface area contributed by atoms with Crippen LogP contribution < -0.4 is 5.69 Å². The molecule has 1 heterocycles. The maximum absolute atomic E-state index is 11.9. The molecule has 0 radical (unpaired) electrons. The van der Waals surface area contributed by atoms with E-state index in [1.54, 1.807) is 36.7 Å². The molecule has 174 valence electrons. The number of aliphatic imine (C=N–C) groups is 2. The highest BCUT2D eigenvalue weighted by atomic mass is 16.3. The largest absolute Gasteiger partial charge is 0.507 e. The molecule has 36 heavy (non-hydrogen) atoms. The molecule has 0 aliphatic carbocycles. The summed E-state index contributed by atoms with van der Waals surface area (Å²) in [6, 6.07) is 25.9. The normalized spacial score (nSPS) is 12.0. The lowest BCUT2D eigenvalue weighted by Gasteiger charge is -2.07. The Morgan fingerprint density at radius 1 is 0.611 bits per heavy atom. The fourth-order valence-electron chi connectivity index (χ4n) is 4.37. The van der Waals surface area contributed by atoms with Crippen LogP contribution in [0, 0.1) is 0 Å². The van der Waals surface area contributed by atoms with Crippen molar-refractivity contribution in [1.29, 1.82) is 0 Å². The van der Waals surface area contributed by atoms with Crippen LogP contribution in [0.4, 0.5) is 11.4 Å². The average Bonchev–Trinajstić information content (AvgIpc) is 3.26. The Hall–Kier alpha value is -5.17. The van der Waals surface area contributed by atoms with Gasteiger partial charge in [0, 0.05) is 23.6 Å². The predicted molar refractivity (Wildman–Crippen MR) is 145 cm³/mol. The molecule has 0 atom stereocenters. The summed E-state index contributed by atoms with van der Waals surface area (Å²) < 4.78 is 0. The molecule has 7 heteroatoms. The average molecular weight is 473 g/mol. The van der Waals surface area contributed by atoms with Crippen molar-refractivity contribution in [1.82, 2.24) is 9.97 Å². The van der Waals surface area contributed by atoms with Gasteiger partial charge in [0.2, 0.25) is 0 Å². The van der Waals surface area contributed by atoms with Crippen LogP contribution in [0.2, 0.25) is 0 Å². The number of H-pyrrole nitrogens is 2. The first-order valence-corrected chi connectivity index (χ1v) is 11.3. The second kappa shape index (κ2) is 8.56. The van der Waals surface area contributed by atoms with E-state index in [1.165, 1.54) is 0 Å². The summed E-state index contributed by atoms with van der Waals surface area (Å²) in [5.41, 5.74) is 2.97. The second-order valence-corrected chi connectivity index (χ2v) is 8.42. The minimum atomic E-state index is -0.334. The molecule has 4 N–H and O–H groups in total. The first-order chi connectivity index (χ1) is 17.6. The molecule has 6 rings (SSSR count). The molecule has 6 aromatic rings. The molecule has 1 aromatic heterocycles. The van der Waals surface area contributed by atoms with Gasteiger partial charge in [0.1, 0.15) is 11.5 Å². The number of fused-ring (bicyclic) bond motifs is 3. The lowest BCUT2D eigenvalue weighted by Crippen LogP contribution is -1.99. The Bertz CT molecular complexity index is 1760. The number of nitrogens with zero attached hydrogens (tertiary/aromatic N) is 2. The van der Waals surface area contributed by atoms with E-state index < -0.39 is 0 Å². The van der Waals surface area contributed by atoms with Crippen LogP contribution in [0.1, 0.15) is 11.1 Å². The van der Waals surface area contributed by atoms with Crippen molar-refractivity contribution in [3.8, 4) is 11.5 Å². The lowest BCUT2D eigenvalue weighted by molar-refractivity contribution is 0.475. The highest BCUT2D eigenvalue weighted by molar-refractivity contribution is 6.05. The van der Waals surface area contributed by atoms with Crippen molar-refractivity contribution in [2.45, 2.75) is 0 Å². The van der Waals surface area contributed by atoms with Gasteiger partial charge in [-0.15, -0.1) is 0 Å². The van der Waals surface area contributed by atoms with Crippen molar-refractivity contribution >= 4 is 56.4 Å².